The minimum atomic E-state index is 0. The molecule has 1 atom stereocenters. The number of hydrogen-bond donors (Lipinski definition) is 2. The van der Waals surface area contributed by atoms with Gasteiger partial charge in [-0.15, -0.1) is 24.0 Å². The number of ether oxygens (including phenoxy) is 3. The Morgan fingerprint density at radius 2 is 1.70 bits per heavy atom. The van der Waals surface area contributed by atoms with Gasteiger partial charge >= 0.3 is 0 Å². The standard InChI is InChI=1S/C25H42N4O3.HI/c1-5-32-22-8-6-21(7-9-22)25(10-14-30-15-11-25)19-28-24(26-4)27-18-23(20(2)3)29-12-16-31-17-13-29;/h6-9,20,23H,5,10-19H2,1-4H3,(H2,26,27,28);1H. The molecule has 0 bridgehead atoms. The normalized spacial score (nSPS) is 20.1. The fourth-order valence-corrected chi connectivity index (χ4v) is 4.77. The molecule has 0 spiro atoms. The first-order valence-electron chi connectivity index (χ1n) is 12.2. The number of rotatable bonds is 9. The van der Waals surface area contributed by atoms with Gasteiger partial charge in [0.05, 0.1) is 19.8 Å². The third-order valence-electron chi connectivity index (χ3n) is 6.81. The molecule has 2 aliphatic rings. The molecule has 0 radical (unpaired) electrons. The lowest BCUT2D eigenvalue weighted by Gasteiger charge is -2.39. The van der Waals surface area contributed by atoms with E-state index in [2.05, 4.69) is 58.6 Å². The van der Waals surface area contributed by atoms with Gasteiger partial charge in [0.15, 0.2) is 5.96 Å². The van der Waals surface area contributed by atoms with Gasteiger partial charge in [-0.25, -0.2) is 0 Å². The summed E-state index contributed by atoms with van der Waals surface area (Å²) in [5, 5.41) is 7.21. The highest BCUT2D eigenvalue weighted by molar-refractivity contribution is 14.0. The van der Waals surface area contributed by atoms with Crippen molar-refractivity contribution < 1.29 is 14.2 Å². The van der Waals surface area contributed by atoms with Crippen LogP contribution in [0, 0.1) is 5.92 Å². The van der Waals surface area contributed by atoms with Crippen LogP contribution in [0.5, 0.6) is 5.75 Å². The van der Waals surface area contributed by atoms with E-state index in [1.165, 1.54) is 5.56 Å². The summed E-state index contributed by atoms with van der Waals surface area (Å²) in [6.07, 6.45) is 1.99. The number of nitrogens with one attached hydrogen (secondary N) is 2. The van der Waals surface area contributed by atoms with Crippen LogP contribution in [0.3, 0.4) is 0 Å². The molecule has 2 fully saturated rings. The number of benzene rings is 1. The molecule has 33 heavy (non-hydrogen) atoms. The first-order valence-corrected chi connectivity index (χ1v) is 12.2. The summed E-state index contributed by atoms with van der Waals surface area (Å²) >= 11 is 0. The summed E-state index contributed by atoms with van der Waals surface area (Å²) in [5.74, 6) is 2.34. The molecule has 8 heteroatoms. The van der Waals surface area contributed by atoms with Crippen LogP contribution in [0.15, 0.2) is 29.3 Å². The molecule has 0 aromatic heterocycles. The Bertz CT molecular complexity index is 702. The molecule has 0 aliphatic carbocycles. The Hall–Kier alpha value is -1.10. The largest absolute Gasteiger partial charge is 0.494 e. The fourth-order valence-electron chi connectivity index (χ4n) is 4.77. The second-order valence-corrected chi connectivity index (χ2v) is 9.12. The van der Waals surface area contributed by atoms with Crippen molar-refractivity contribution in [3.8, 4) is 5.75 Å². The first-order chi connectivity index (χ1) is 15.6. The molecule has 3 rings (SSSR count). The van der Waals surface area contributed by atoms with Crippen molar-refractivity contribution in [3.63, 3.8) is 0 Å². The first kappa shape index (κ1) is 28.1. The van der Waals surface area contributed by atoms with Crippen LogP contribution in [0.4, 0.5) is 0 Å². The van der Waals surface area contributed by atoms with Crippen molar-refractivity contribution in [3.05, 3.63) is 29.8 Å². The van der Waals surface area contributed by atoms with Crippen LogP contribution in [-0.4, -0.2) is 83.2 Å². The Morgan fingerprint density at radius 1 is 1.06 bits per heavy atom. The smallest absolute Gasteiger partial charge is 0.191 e. The van der Waals surface area contributed by atoms with Gasteiger partial charge in [-0.3, -0.25) is 9.89 Å². The third kappa shape index (κ3) is 7.97. The average molecular weight is 575 g/mol. The Labute approximate surface area is 217 Å². The topological polar surface area (TPSA) is 67.4 Å². The van der Waals surface area contributed by atoms with E-state index in [-0.39, 0.29) is 29.4 Å². The summed E-state index contributed by atoms with van der Waals surface area (Å²) in [7, 11) is 1.85. The number of morpholine rings is 1. The van der Waals surface area contributed by atoms with E-state index in [9.17, 15) is 0 Å². The maximum absolute atomic E-state index is 5.70. The average Bonchev–Trinajstić information content (AvgIpc) is 2.83. The zero-order valence-electron chi connectivity index (χ0n) is 20.8. The van der Waals surface area contributed by atoms with Gasteiger partial charge < -0.3 is 24.8 Å². The molecule has 7 nitrogen and oxygen atoms in total. The number of guanidine groups is 1. The molecule has 2 aliphatic heterocycles. The summed E-state index contributed by atoms with van der Waals surface area (Å²) in [4.78, 5) is 7.05. The molecule has 0 amide bonds. The van der Waals surface area contributed by atoms with Gasteiger partial charge in [0, 0.05) is 57.9 Å². The third-order valence-corrected chi connectivity index (χ3v) is 6.81. The van der Waals surface area contributed by atoms with Crippen LogP contribution >= 0.6 is 24.0 Å². The van der Waals surface area contributed by atoms with Gasteiger partial charge in [0.1, 0.15) is 5.75 Å². The zero-order chi connectivity index (χ0) is 22.8. The lowest BCUT2D eigenvalue weighted by Crippen LogP contribution is -2.54. The molecule has 1 aromatic rings. The second-order valence-electron chi connectivity index (χ2n) is 9.12. The minimum Gasteiger partial charge on any atom is -0.494 e. The van der Waals surface area contributed by atoms with E-state index < -0.39 is 0 Å². The van der Waals surface area contributed by atoms with Gasteiger partial charge in [-0.05, 0) is 43.4 Å². The van der Waals surface area contributed by atoms with Gasteiger partial charge in [0.25, 0.3) is 0 Å². The second kappa shape index (κ2) is 14.3. The number of aliphatic imine (C=N–C) groups is 1. The predicted molar refractivity (Wildman–Crippen MR) is 145 cm³/mol. The Balaban J connectivity index is 0.00000385. The van der Waals surface area contributed by atoms with Crippen molar-refractivity contribution in [2.75, 3.05) is 66.3 Å². The van der Waals surface area contributed by atoms with Crippen LogP contribution in [-0.2, 0) is 14.9 Å². The molecule has 2 heterocycles. The van der Waals surface area contributed by atoms with Gasteiger partial charge in [0.2, 0.25) is 0 Å². The molecule has 2 N–H and O–H groups in total. The van der Waals surface area contributed by atoms with Crippen molar-refractivity contribution in [1.82, 2.24) is 15.5 Å². The van der Waals surface area contributed by atoms with E-state index in [0.717, 1.165) is 77.2 Å². The van der Waals surface area contributed by atoms with Crippen LogP contribution < -0.4 is 15.4 Å². The molecule has 1 aromatic carbocycles. The van der Waals surface area contributed by atoms with Crippen molar-refractivity contribution in [2.24, 2.45) is 10.9 Å². The zero-order valence-corrected chi connectivity index (χ0v) is 23.1. The summed E-state index contributed by atoms with van der Waals surface area (Å²) in [6, 6.07) is 9.04. The van der Waals surface area contributed by atoms with E-state index in [4.69, 9.17) is 14.2 Å². The molecule has 0 saturated carbocycles. The highest BCUT2D eigenvalue weighted by Crippen LogP contribution is 2.35. The lowest BCUT2D eigenvalue weighted by atomic mass is 9.74. The fraction of sp³-hybridized carbons (Fsp3) is 0.720. The molecular weight excluding hydrogens is 531 g/mol. The monoisotopic (exact) mass is 574 g/mol. The summed E-state index contributed by atoms with van der Waals surface area (Å²) < 4.78 is 16.9. The summed E-state index contributed by atoms with van der Waals surface area (Å²) in [6.45, 7) is 14.2. The van der Waals surface area contributed by atoms with E-state index in [0.29, 0.717) is 18.6 Å². The predicted octanol–water partition coefficient (Wildman–Crippen LogP) is 3.27. The van der Waals surface area contributed by atoms with Crippen molar-refractivity contribution in [2.45, 2.75) is 45.1 Å². The molecular formula is C25H43IN4O3. The Morgan fingerprint density at radius 3 is 2.27 bits per heavy atom. The molecule has 1 unspecified atom stereocenters. The van der Waals surface area contributed by atoms with E-state index in [1.54, 1.807) is 0 Å². The number of hydrogen-bond acceptors (Lipinski definition) is 5. The van der Waals surface area contributed by atoms with Crippen LogP contribution in [0.1, 0.15) is 39.2 Å². The summed E-state index contributed by atoms with van der Waals surface area (Å²) in [5.41, 5.74) is 1.36. The van der Waals surface area contributed by atoms with E-state index >= 15 is 0 Å². The van der Waals surface area contributed by atoms with Crippen molar-refractivity contribution >= 4 is 29.9 Å². The number of halogens is 1. The van der Waals surface area contributed by atoms with Crippen molar-refractivity contribution in [1.29, 1.82) is 0 Å². The molecule has 188 valence electrons. The number of nitrogens with zero attached hydrogens (tertiary/aromatic N) is 2. The SMILES string of the molecule is CCOc1ccc(C2(CNC(=NC)NCC(C(C)C)N3CCOCC3)CCOCC2)cc1.I. The maximum atomic E-state index is 5.70. The lowest BCUT2D eigenvalue weighted by molar-refractivity contribution is 0.00750. The quantitative estimate of drug-likeness (QED) is 0.268. The van der Waals surface area contributed by atoms with E-state index in [1.807, 2.05) is 14.0 Å². The van der Waals surface area contributed by atoms with Gasteiger partial charge in [-0.1, -0.05) is 26.0 Å². The molecule has 2 saturated heterocycles. The maximum Gasteiger partial charge on any atom is 0.191 e. The van der Waals surface area contributed by atoms with Crippen LogP contribution in [0.2, 0.25) is 0 Å². The minimum absolute atomic E-state index is 0. The Kier molecular flexibility index (Phi) is 12.2. The highest BCUT2D eigenvalue weighted by atomic mass is 127. The highest BCUT2D eigenvalue weighted by Gasteiger charge is 2.35. The van der Waals surface area contributed by atoms with Gasteiger partial charge in [-0.2, -0.15) is 0 Å². The van der Waals surface area contributed by atoms with Crippen LogP contribution in [0.25, 0.3) is 0 Å².